The monoisotopic (exact) mass is 642 g/mol. The van der Waals surface area contributed by atoms with Crippen LogP contribution >= 0.6 is 0 Å². The minimum absolute atomic E-state index is 0. The maximum Gasteiger partial charge on any atom is 4.00 e. The molecule has 216 valence electrons. The summed E-state index contributed by atoms with van der Waals surface area (Å²) in [5, 5.41) is 5.51. The zero-order chi connectivity index (χ0) is 24.7. The summed E-state index contributed by atoms with van der Waals surface area (Å²) < 4.78 is 0. The van der Waals surface area contributed by atoms with Crippen molar-refractivity contribution in [2.45, 2.75) is 80.3 Å². The Kier molecular flexibility index (Phi) is 38.5. The molecule has 40 heavy (non-hydrogen) atoms. The molecular formula is C34H54N2Si2Ti2. The average molecular weight is 643 g/mol. The summed E-state index contributed by atoms with van der Waals surface area (Å²) in [6, 6.07) is 21.5. The number of rotatable bonds is 0. The van der Waals surface area contributed by atoms with E-state index in [1.165, 1.54) is 43.8 Å². The van der Waals surface area contributed by atoms with Crippen LogP contribution in [-0.4, -0.2) is 33.0 Å². The fraction of sp³-hybridized carbons (Fsp3) is 0.353. The van der Waals surface area contributed by atoms with Crippen molar-refractivity contribution in [1.29, 1.82) is 0 Å². The van der Waals surface area contributed by atoms with Gasteiger partial charge in [0.25, 0.3) is 0 Å². The first kappa shape index (κ1) is 59.0. The van der Waals surface area contributed by atoms with Crippen molar-refractivity contribution >= 4 is 43.5 Å². The summed E-state index contributed by atoms with van der Waals surface area (Å²) >= 11 is 0. The topological polar surface area (TPSA) is 47.6 Å². The van der Waals surface area contributed by atoms with E-state index in [0.717, 1.165) is 0 Å². The van der Waals surface area contributed by atoms with Crippen molar-refractivity contribution < 1.29 is 43.4 Å². The van der Waals surface area contributed by atoms with E-state index < -0.39 is 0 Å². The zero-order valence-electron chi connectivity index (χ0n) is 27.8. The van der Waals surface area contributed by atoms with Gasteiger partial charge in [-0.05, 0) is 0 Å². The van der Waals surface area contributed by atoms with Gasteiger partial charge in [-0.1, -0.05) is 81.4 Å². The number of nitrogens with one attached hydrogen (secondary N) is 2. The summed E-state index contributed by atoms with van der Waals surface area (Å²) in [5.41, 5.74) is 19.0. The molecule has 0 aliphatic rings. The van der Waals surface area contributed by atoms with E-state index in [9.17, 15) is 0 Å². The van der Waals surface area contributed by atoms with E-state index in [0.29, 0.717) is 0 Å². The molecule has 0 aliphatic heterocycles. The predicted octanol–water partition coefficient (Wildman–Crippen LogP) is 11.1. The Labute approximate surface area is 289 Å². The Balaban J connectivity index is -0.0000000563. The van der Waals surface area contributed by atoms with Gasteiger partial charge in [0.05, 0.1) is 0 Å². The first-order valence-electron chi connectivity index (χ1n) is 11.3. The summed E-state index contributed by atoms with van der Waals surface area (Å²) in [4.78, 5) is 0. The van der Waals surface area contributed by atoms with Crippen LogP contribution in [0.25, 0.3) is 33.0 Å². The molecule has 0 unspecified atom stereocenters. The second kappa shape index (κ2) is 26.1. The molecule has 4 aromatic rings. The number of aryl methyl sites for hydroxylation is 4. The molecule has 0 fully saturated rings. The van der Waals surface area contributed by atoms with Crippen molar-refractivity contribution in [3.8, 4) is 0 Å². The van der Waals surface area contributed by atoms with E-state index >= 15 is 0 Å². The quantitative estimate of drug-likeness (QED) is 0.135. The van der Waals surface area contributed by atoms with Crippen molar-refractivity contribution in [1.82, 2.24) is 0 Å². The van der Waals surface area contributed by atoms with Crippen molar-refractivity contribution in [3.63, 3.8) is 0 Å². The third-order valence-corrected chi connectivity index (χ3v) is 4.66. The number of benzene rings is 2. The first-order valence-corrected chi connectivity index (χ1v) is 11.3. The zero-order valence-corrected chi connectivity index (χ0v) is 32.9. The third kappa shape index (κ3) is 24.1. The Morgan fingerprint density at radius 2 is 0.700 bits per heavy atom. The van der Waals surface area contributed by atoms with Crippen LogP contribution in [0.2, 0.25) is 0 Å². The second-order valence-electron chi connectivity index (χ2n) is 10.6. The van der Waals surface area contributed by atoms with E-state index in [1.54, 1.807) is 0 Å². The Morgan fingerprint density at radius 1 is 0.500 bits per heavy atom. The van der Waals surface area contributed by atoms with Crippen molar-refractivity contribution in [2.24, 2.45) is 0 Å². The fourth-order valence-corrected chi connectivity index (χ4v) is 3.04. The van der Waals surface area contributed by atoms with Gasteiger partial charge in [-0.3, -0.25) is 0 Å². The molecule has 0 saturated carbocycles. The van der Waals surface area contributed by atoms with Gasteiger partial charge in [0.2, 0.25) is 0 Å². The first-order chi connectivity index (χ1) is 14.6. The fourth-order valence-electron chi connectivity index (χ4n) is 3.04. The third-order valence-electron chi connectivity index (χ3n) is 4.66. The van der Waals surface area contributed by atoms with Crippen molar-refractivity contribution in [2.75, 3.05) is 0 Å². The molecule has 0 spiro atoms. The summed E-state index contributed by atoms with van der Waals surface area (Å²) in [6.07, 6.45) is 0. The molecule has 0 saturated heterocycles. The van der Waals surface area contributed by atoms with Gasteiger partial charge in [0.15, 0.2) is 0 Å². The molecule has 2 nitrogen and oxygen atoms in total. The van der Waals surface area contributed by atoms with Gasteiger partial charge in [0, 0.05) is 21.9 Å². The maximum absolute atomic E-state index is 6.94. The van der Waals surface area contributed by atoms with Crippen LogP contribution in [0.5, 0.6) is 0 Å². The average Bonchev–Trinajstić information content (AvgIpc) is 3.09. The van der Waals surface area contributed by atoms with Crippen molar-refractivity contribution in [3.05, 3.63) is 124 Å². The Morgan fingerprint density at radius 3 is 0.900 bits per heavy atom. The summed E-state index contributed by atoms with van der Waals surface area (Å²) in [5.74, 6) is 0. The van der Waals surface area contributed by atoms with Gasteiger partial charge in [-0.25, -0.2) is 0 Å². The molecule has 0 amide bonds. The minimum Gasteiger partial charge on any atom is -0.673 e. The van der Waals surface area contributed by atoms with Gasteiger partial charge in [-0.2, -0.15) is 11.1 Å². The Bertz CT molecular complexity index is 1020. The standard InChI is InChI=1S/2C11H11.2C4H10N.4CH3.2Si.2Ti/c2*1-8-7-10-5-3-4-6-11(10)9(8)2;2*1-4(2,3)5;;;;;;;;/h2*3-7H,1-2H3;2*5H,1-3H3;4*1H3;;;;/q8*-1;;;2*+4. The number of fused-ring (bicyclic) bond motifs is 2. The number of hydrogen-bond donors (Lipinski definition) is 0. The maximum atomic E-state index is 6.94. The molecule has 2 N–H and O–H groups in total. The molecular weight excluding hydrogens is 588 g/mol. The molecule has 0 bridgehead atoms. The van der Waals surface area contributed by atoms with Gasteiger partial charge >= 0.3 is 43.4 Å². The summed E-state index contributed by atoms with van der Waals surface area (Å²) in [6.45, 7) is 19.8. The molecule has 0 aliphatic carbocycles. The van der Waals surface area contributed by atoms with Gasteiger partial charge < -0.3 is 41.2 Å². The van der Waals surface area contributed by atoms with Crippen LogP contribution in [0.4, 0.5) is 0 Å². The van der Waals surface area contributed by atoms with Gasteiger partial charge in [0.1, 0.15) is 0 Å². The molecule has 0 atom stereocenters. The molecule has 6 heteroatoms. The molecule has 0 aromatic heterocycles. The second-order valence-corrected chi connectivity index (χ2v) is 10.6. The number of hydrogen-bond acceptors (Lipinski definition) is 0. The molecule has 8 radical (unpaired) electrons. The largest absolute Gasteiger partial charge is 4.00 e. The SMILES string of the molecule is CC(C)(C)[NH-].CC(C)(C)[NH-].Cc1[cH-]c2ccccc2c1C.Cc1[cH-]c2ccccc2c1C.[CH3-].[CH3-].[CH3-].[CH3-].[Si].[Si].[Ti+4].[Ti+4]. The van der Waals surface area contributed by atoms with Crippen LogP contribution in [0.15, 0.2) is 60.7 Å². The molecule has 4 rings (SSSR count). The van der Waals surface area contributed by atoms with Crippen LogP contribution in [0.1, 0.15) is 63.8 Å². The Hall–Kier alpha value is -0.558. The predicted molar refractivity (Wildman–Crippen MR) is 183 cm³/mol. The van der Waals surface area contributed by atoms with Crippen LogP contribution < -0.4 is 0 Å². The van der Waals surface area contributed by atoms with Crippen LogP contribution in [0.3, 0.4) is 0 Å². The minimum atomic E-state index is -0.250. The van der Waals surface area contributed by atoms with E-state index in [-0.39, 0.29) is 106 Å². The normalized spacial score (nSPS) is 8.90. The van der Waals surface area contributed by atoms with Crippen LogP contribution in [-0.2, 0) is 43.4 Å². The van der Waals surface area contributed by atoms with E-state index in [1.807, 2.05) is 41.5 Å². The molecule has 0 heterocycles. The smallest absolute Gasteiger partial charge is 0.673 e. The van der Waals surface area contributed by atoms with E-state index in [2.05, 4.69) is 88.4 Å². The molecule has 4 aromatic carbocycles. The van der Waals surface area contributed by atoms with Crippen LogP contribution in [0, 0.1) is 57.4 Å². The van der Waals surface area contributed by atoms with Gasteiger partial charge in [-0.15, -0.1) is 92.3 Å². The van der Waals surface area contributed by atoms with E-state index in [4.69, 9.17) is 11.5 Å². The summed E-state index contributed by atoms with van der Waals surface area (Å²) in [7, 11) is 0.